The lowest BCUT2D eigenvalue weighted by Crippen LogP contribution is -2.40. The first-order valence-electron chi connectivity index (χ1n) is 11.4. The van der Waals surface area contributed by atoms with E-state index >= 15 is 0 Å². The van der Waals surface area contributed by atoms with Gasteiger partial charge in [-0.2, -0.15) is 8.42 Å². The third kappa shape index (κ3) is 4.89. The summed E-state index contributed by atoms with van der Waals surface area (Å²) in [6.07, 6.45) is 6.36. The van der Waals surface area contributed by atoms with E-state index in [4.69, 9.17) is 4.74 Å². The zero-order valence-electron chi connectivity index (χ0n) is 18.9. The lowest BCUT2D eigenvalue weighted by Gasteiger charge is -2.31. The van der Waals surface area contributed by atoms with Gasteiger partial charge in [-0.1, -0.05) is 61.6 Å². The minimum absolute atomic E-state index is 0.0522. The number of unbranched alkanes of at least 4 members (excludes halogenated alkanes) is 5. The zero-order chi connectivity index (χ0) is 24.1. The van der Waals surface area contributed by atoms with Gasteiger partial charge in [0, 0.05) is 18.3 Å². The topological polar surface area (TPSA) is 121 Å². The van der Waals surface area contributed by atoms with Crippen molar-refractivity contribution in [1.82, 2.24) is 4.41 Å². The molecule has 4 rings (SSSR count). The first-order chi connectivity index (χ1) is 16.4. The fourth-order valence-corrected chi connectivity index (χ4v) is 5.08. The Bertz CT molecular complexity index is 1200. The molecule has 2 heterocycles. The van der Waals surface area contributed by atoms with Gasteiger partial charge in [-0.15, -0.1) is 5.11 Å². The molecule has 2 aromatic rings. The van der Waals surface area contributed by atoms with Gasteiger partial charge in [-0.3, -0.25) is 4.79 Å². The van der Waals surface area contributed by atoms with E-state index < -0.39 is 16.1 Å². The van der Waals surface area contributed by atoms with Gasteiger partial charge in [0.05, 0.1) is 5.69 Å². The second-order valence-corrected chi connectivity index (χ2v) is 9.86. The maximum absolute atomic E-state index is 13.2. The van der Waals surface area contributed by atoms with Crippen LogP contribution in [-0.2, 0) is 14.8 Å². The van der Waals surface area contributed by atoms with Crippen LogP contribution in [0.5, 0.6) is 5.75 Å². The van der Waals surface area contributed by atoms with Crippen LogP contribution >= 0.6 is 0 Å². The van der Waals surface area contributed by atoms with Crippen LogP contribution in [0.4, 0.5) is 21.9 Å². The second-order valence-electron chi connectivity index (χ2n) is 8.12. The maximum atomic E-state index is 13.2. The molecule has 10 nitrogen and oxygen atoms in total. The largest absolute Gasteiger partial charge is 0.481 e. The van der Waals surface area contributed by atoms with Crippen LogP contribution in [0.1, 0.15) is 45.4 Å². The summed E-state index contributed by atoms with van der Waals surface area (Å²) >= 11 is 0. The first-order valence-corrected chi connectivity index (χ1v) is 12.8. The standard InChI is InChI=1S/C23H27N5O5S/c1-2-3-4-5-6-10-13-27-19-15-21-18(14-20(19)33-16-22(27)29)25-26-28(34(21,31)32)23(30)24-17-11-8-7-9-12-17/h7-9,11-12,14-15H,2-6,10,13,16H2,1H3,(H,24,30). The molecule has 0 aromatic heterocycles. The number of urea groups is 1. The Labute approximate surface area is 198 Å². The predicted octanol–water partition coefficient (Wildman–Crippen LogP) is 5.01. The number of hydrogen-bond acceptors (Lipinski definition) is 7. The molecule has 0 saturated carbocycles. The van der Waals surface area contributed by atoms with Gasteiger partial charge in [0.25, 0.3) is 15.9 Å². The van der Waals surface area contributed by atoms with Crippen molar-refractivity contribution < 1.29 is 22.7 Å². The number of rotatable bonds is 8. The number of carbonyl (C=O) groups is 2. The number of para-hydroxylation sites is 1. The van der Waals surface area contributed by atoms with Gasteiger partial charge < -0.3 is 15.0 Å². The summed E-state index contributed by atoms with van der Waals surface area (Å²) in [5, 5.41) is 10.0. The summed E-state index contributed by atoms with van der Waals surface area (Å²) in [6.45, 7) is 2.49. The van der Waals surface area contributed by atoms with Crippen molar-refractivity contribution >= 4 is 39.0 Å². The summed E-state index contributed by atoms with van der Waals surface area (Å²) in [7, 11) is -4.34. The molecule has 1 N–H and O–H groups in total. The van der Waals surface area contributed by atoms with Crippen molar-refractivity contribution in [2.75, 3.05) is 23.4 Å². The van der Waals surface area contributed by atoms with E-state index in [0.717, 1.165) is 32.1 Å². The third-order valence-electron chi connectivity index (χ3n) is 5.66. The average Bonchev–Trinajstić information content (AvgIpc) is 2.82. The summed E-state index contributed by atoms with van der Waals surface area (Å²) in [6, 6.07) is 10.3. The van der Waals surface area contributed by atoms with Crippen molar-refractivity contribution in [3.8, 4) is 5.75 Å². The fourth-order valence-electron chi connectivity index (χ4n) is 3.87. The summed E-state index contributed by atoms with van der Waals surface area (Å²) in [4.78, 5) is 26.5. The van der Waals surface area contributed by atoms with Crippen LogP contribution in [-0.4, -0.2) is 37.9 Å². The normalized spacial score (nSPS) is 16.0. The molecule has 0 radical (unpaired) electrons. The van der Waals surface area contributed by atoms with E-state index in [9.17, 15) is 18.0 Å². The molecule has 0 unspecified atom stereocenters. The van der Waals surface area contributed by atoms with E-state index in [0.29, 0.717) is 28.1 Å². The van der Waals surface area contributed by atoms with Gasteiger partial charge in [-0.25, -0.2) is 4.79 Å². The van der Waals surface area contributed by atoms with Crippen molar-refractivity contribution in [2.45, 2.75) is 50.3 Å². The quantitative estimate of drug-likeness (QED) is 0.527. The minimum atomic E-state index is -4.34. The molecule has 3 amide bonds. The SMILES string of the molecule is CCCCCCCCN1C(=O)COc2cc3c(cc21)S(=O)(=O)N(C(=O)Nc1ccccc1)N=N3. The Hall–Kier alpha value is -3.47. The average molecular weight is 486 g/mol. The molecule has 180 valence electrons. The summed E-state index contributed by atoms with van der Waals surface area (Å²) in [5.41, 5.74) is 0.822. The highest BCUT2D eigenvalue weighted by molar-refractivity contribution is 7.89. The van der Waals surface area contributed by atoms with Crippen molar-refractivity contribution in [3.63, 3.8) is 0 Å². The number of carbonyl (C=O) groups excluding carboxylic acids is 2. The first kappa shape index (κ1) is 23.7. The molecule has 0 atom stereocenters. The molecule has 2 aliphatic rings. The van der Waals surface area contributed by atoms with Gasteiger partial charge in [0.15, 0.2) is 6.61 Å². The van der Waals surface area contributed by atoms with Crippen LogP contribution in [0.3, 0.4) is 0 Å². The number of sulfonamides is 1. The van der Waals surface area contributed by atoms with Crippen LogP contribution < -0.4 is 15.0 Å². The molecule has 2 aromatic carbocycles. The zero-order valence-corrected chi connectivity index (χ0v) is 19.8. The Balaban J connectivity index is 1.56. The molecule has 11 heteroatoms. The smallest absolute Gasteiger partial charge is 0.358 e. The molecule has 0 saturated heterocycles. The van der Waals surface area contributed by atoms with Gasteiger partial charge >= 0.3 is 6.03 Å². The number of hydrogen-bond donors (Lipinski definition) is 1. The minimum Gasteiger partial charge on any atom is -0.481 e. The number of nitrogens with zero attached hydrogens (tertiary/aromatic N) is 4. The Morgan fingerprint density at radius 2 is 1.82 bits per heavy atom. The molecule has 0 fully saturated rings. The lowest BCUT2D eigenvalue weighted by atomic mass is 10.1. The number of ether oxygens (including phenoxy) is 1. The molecule has 0 aliphatic carbocycles. The number of anilines is 2. The number of benzene rings is 2. The second kappa shape index (κ2) is 10.2. The predicted molar refractivity (Wildman–Crippen MR) is 127 cm³/mol. The number of nitrogens with one attached hydrogen (secondary N) is 1. The third-order valence-corrected chi connectivity index (χ3v) is 7.23. The van der Waals surface area contributed by atoms with E-state index in [-0.39, 0.29) is 23.1 Å². The van der Waals surface area contributed by atoms with Crippen molar-refractivity contribution in [2.24, 2.45) is 10.3 Å². The summed E-state index contributed by atoms with van der Waals surface area (Å²) in [5.74, 6) is 0.121. The monoisotopic (exact) mass is 485 g/mol. The Kier molecular flexibility index (Phi) is 7.11. The van der Waals surface area contributed by atoms with E-state index in [1.807, 2.05) is 0 Å². The van der Waals surface area contributed by atoms with E-state index in [2.05, 4.69) is 22.6 Å². The van der Waals surface area contributed by atoms with Gasteiger partial charge in [0.1, 0.15) is 16.3 Å². The van der Waals surface area contributed by atoms with Crippen LogP contribution in [0.2, 0.25) is 0 Å². The lowest BCUT2D eigenvalue weighted by molar-refractivity contribution is -0.121. The van der Waals surface area contributed by atoms with E-state index in [1.165, 1.54) is 18.6 Å². The molecular weight excluding hydrogens is 458 g/mol. The van der Waals surface area contributed by atoms with Crippen LogP contribution in [0, 0.1) is 0 Å². The van der Waals surface area contributed by atoms with Crippen molar-refractivity contribution in [1.29, 1.82) is 0 Å². The molecule has 34 heavy (non-hydrogen) atoms. The van der Waals surface area contributed by atoms with Crippen LogP contribution in [0.15, 0.2) is 57.7 Å². The van der Waals surface area contributed by atoms with Crippen LogP contribution in [0.25, 0.3) is 0 Å². The highest BCUT2D eigenvalue weighted by Crippen LogP contribution is 2.43. The molecular formula is C23H27N5O5S. The Morgan fingerprint density at radius 3 is 2.59 bits per heavy atom. The van der Waals surface area contributed by atoms with Gasteiger partial charge in [-0.05, 0) is 29.8 Å². The Morgan fingerprint density at radius 1 is 1.09 bits per heavy atom. The maximum Gasteiger partial charge on any atom is 0.358 e. The number of fused-ring (bicyclic) bond motifs is 2. The molecule has 0 spiro atoms. The highest BCUT2D eigenvalue weighted by atomic mass is 32.2. The van der Waals surface area contributed by atoms with E-state index in [1.54, 1.807) is 35.2 Å². The summed E-state index contributed by atoms with van der Waals surface area (Å²) < 4.78 is 32.3. The van der Waals surface area contributed by atoms with Gasteiger partial charge in [0.2, 0.25) is 0 Å². The van der Waals surface area contributed by atoms with Crippen molar-refractivity contribution in [3.05, 3.63) is 42.5 Å². The molecule has 2 aliphatic heterocycles. The fraction of sp³-hybridized carbons (Fsp3) is 0.391. The number of amides is 3. The molecule has 0 bridgehead atoms. The highest BCUT2D eigenvalue weighted by Gasteiger charge is 2.38.